The monoisotopic (exact) mass is 484 g/mol. The van der Waals surface area contributed by atoms with Gasteiger partial charge in [0.05, 0.1) is 0 Å². The third-order valence-corrected chi connectivity index (χ3v) is 6.95. The quantitative estimate of drug-likeness (QED) is 0.473. The molecule has 1 fully saturated rings. The summed E-state index contributed by atoms with van der Waals surface area (Å²) < 4.78 is 5.57. The van der Waals surface area contributed by atoms with Crippen LogP contribution in [0.4, 0.5) is 4.79 Å². The third-order valence-electron chi connectivity index (χ3n) is 6.95. The van der Waals surface area contributed by atoms with Crippen molar-refractivity contribution in [2.75, 3.05) is 19.7 Å². The fourth-order valence-electron chi connectivity index (χ4n) is 5.05. The predicted octanol–water partition coefficient (Wildman–Crippen LogP) is 4.27. The zero-order valence-corrected chi connectivity index (χ0v) is 19.8. The average Bonchev–Trinajstić information content (AvgIpc) is 3.60. The average molecular weight is 485 g/mol. The maximum absolute atomic E-state index is 13.0. The Morgan fingerprint density at radius 2 is 1.50 bits per heavy atom. The van der Waals surface area contributed by atoms with Gasteiger partial charge in [0.15, 0.2) is 0 Å². The summed E-state index contributed by atoms with van der Waals surface area (Å²) in [4.78, 5) is 38.1. The number of alkyl carbamates (subject to hydrolysis) is 1. The van der Waals surface area contributed by atoms with E-state index in [0.29, 0.717) is 13.0 Å². The van der Waals surface area contributed by atoms with Gasteiger partial charge in [-0.1, -0.05) is 78.9 Å². The molecule has 0 radical (unpaired) electrons. The van der Waals surface area contributed by atoms with E-state index in [0.717, 1.165) is 16.7 Å². The molecule has 0 aliphatic heterocycles. The lowest BCUT2D eigenvalue weighted by atomic mass is 9.98. The summed E-state index contributed by atoms with van der Waals surface area (Å²) in [5, 5.41) is 12.0. The lowest BCUT2D eigenvalue weighted by Crippen LogP contribution is -2.37. The molecule has 7 nitrogen and oxygen atoms in total. The van der Waals surface area contributed by atoms with Gasteiger partial charge >= 0.3 is 12.1 Å². The van der Waals surface area contributed by atoms with Crippen LogP contribution in [-0.2, 0) is 20.9 Å². The number of carbonyl (C=O) groups is 3. The summed E-state index contributed by atoms with van der Waals surface area (Å²) in [7, 11) is 0. The largest absolute Gasteiger partial charge is 0.480 e. The van der Waals surface area contributed by atoms with Crippen LogP contribution in [0.1, 0.15) is 29.0 Å². The van der Waals surface area contributed by atoms with Crippen LogP contribution in [0.5, 0.6) is 0 Å². The van der Waals surface area contributed by atoms with Gasteiger partial charge < -0.3 is 20.1 Å². The van der Waals surface area contributed by atoms with Crippen LogP contribution in [0.2, 0.25) is 0 Å². The number of fused-ring (bicyclic) bond motifs is 3. The minimum atomic E-state index is -1.05. The standard InChI is InChI=1S/C29H28N2O5/c32-27(33)17-31(16-19-8-2-1-3-9-19)28(34)25-14-20(25)15-30-29(35)36-18-26-23-12-6-4-10-21(23)22-11-5-7-13-24(22)26/h1-13,20,25-26H,14-18H2,(H,30,35)(H,32,33)/t20-,25-/m1/s1. The highest BCUT2D eigenvalue weighted by Gasteiger charge is 2.45. The summed E-state index contributed by atoms with van der Waals surface area (Å²) in [5.41, 5.74) is 5.51. The first-order chi connectivity index (χ1) is 17.5. The Balaban J connectivity index is 1.12. The number of rotatable bonds is 9. The van der Waals surface area contributed by atoms with E-state index in [1.165, 1.54) is 16.0 Å². The van der Waals surface area contributed by atoms with Crippen LogP contribution in [0, 0.1) is 11.8 Å². The van der Waals surface area contributed by atoms with Crippen LogP contribution in [-0.4, -0.2) is 47.7 Å². The number of hydrogen-bond donors (Lipinski definition) is 2. The molecular formula is C29H28N2O5. The molecule has 0 bridgehead atoms. The van der Waals surface area contributed by atoms with E-state index in [9.17, 15) is 19.5 Å². The first-order valence-electron chi connectivity index (χ1n) is 12.1. The highest BCUT2D eigenvalue weighted by molar-refractivity contribution is 5.85. The van der Waals surface area contributed by atoms with E-state index in [-0.39, 0.29) is 43.4 Å². The second-order valence-corrected chi connectivity index (χ2v) is 9.38. The van der Waals surface area contributed by atoms with Crippen LogP contribution in [0.15, 0.2) is 78.9 Å². The molecule has 0 aromatic heterocycles. The first-order valence-corrected chi connectivity index (χ1v) is 12.1. The van der Waals surface area contributed by atoms with Crippen LogP contribution >= 0.6 is 0 Å². The van der Waals surface area contributed by atoms with Gasteiger partial charge in [-0.3, -0.25) is 9.59 Å². The molecule has 3 aromatic rings. The molecular weight excluding hydrogens is 456 g/mol. The third kappa shape index (κ3) is 5.10. The summed E-state index contributed by atoms with van der Waals surface area (Å²) in [6, 6.07) is 25.6. The van der Waals surface area contributed by atoms with Crippen molar-refractivity contribution in [3.63, 3.8) is 0 Å². The Bertz CT molecular complexity index is 1230. The molecule has 5 rings (SSSR count). The molecule has 0 spiro atoms. The molecule has 36 heavy (non-hydrogen) atoms. The molecule has 2 amide bonds. The van der Waals surface area contributed by atoms with Crippen LogP contribution in [0.3, 0.4) is 0 Å². The van der Waals surface area contributed by atoms with Crippen molar-refractivity contribution in [1.82, 2.24) is 10.2 Å². The maximum Gasteiger partial charge on any atom is 0.407 e. The molecule has 184 valence electrons. The van der Waals surface area contributed by atoms with E-state index in [1.54, 1.807) is 0 Å². The number of aliphatic carboxylic acids is 1. The van der Waals surface area contributed by atoms with Gasteiger partial charge in [-0.05, 0) is 40.2 Å². The van der Waals surface area contributed by atoms with Gasteiger partial charge in [-0.25, -0.2) is 4.79 Å². The maximum atomic E-state index is 13.0. The summed E-state index contributed by atoms with van der Waals surface area (Å²) in [6.07, 6.45) is 0.106. The summed E-state index contributed by atoms with van der Waals surface area (Å²) in [5.74, 6) is -1.57. The zero-order chi connectivity index (χ0) is 25.1. The molecule has 0 heterocycles. The van der Waals surface area contributed by atoms with Crippen molar-refractivity contribution >= 4 is 18.0 Å². The molecule has 2 N–H and O–H groups in total. The topological polar surface area (TPSA) is 95.9 Å². The van der Waals surface area contributed by atoms with Crippen LogP contribution < -0.4 is 5.32 Å². The Kier molecular flexibility index (Phi) is 6.71. The Hall–Kier alpha value is -4.13. The van der Waals surface area contributed by atoms with Crippen molar-refractivity contribution in [2.45, 2.75) is 18.9 Å². The van der Waals surface area contributed by atoms with Gasteiger partial charge in [0, 0.05) is 24.9 Å². The predicted molar refractivity (Wildman–Crippen MR) is 134 cm³/mol. The lowest BCUT2D eigenvalue weighted by Gasteiger charge is -2.21. The Labute approximate surface area is 209 Å². The van der Waals surface area contributed by atoms with Crippen molar-refractivity contribution in [1.29, 1.82) is 0 Å². The number of amides is 2. The van der Waals surface area contributed by atoms with E-state index >= 15 is 0 Å². The van der Waals surface area contributed by atoms with E-state index < -0.39 is 12.1 Å². The highest BCUT2D eigenvalue weighted by Crippen LogP contribution is 2.44. The van der Waals surface area contributed by atoms with Crippen LogP contribution in [0.25, 0.3) is 11.1 Å². The second kappa shape index (κ2) is 10.2. The molecule has 3 aromatic carbocycles. The minimum absolute atomic E-state index is 0.0130. The summed E-state index contributed by atoms with van der Waals surface area (Å²) >= 11 is 0. The van der Waals surface area contributed by atoms with E-state index in [4.69, 9.17) is 4.74 Å². The van der Waals surface area contributed by atoms with Gasteiger partial charge in [0.1, 0.15) is 13.2 Å². The van der Waals surface area contributed by atoms with Gasteiger partial charge in [0.25, 0.3) is 0 Å². The highest BCUT2D eigenvalue weighted by atomic mass is 16.5. The molecule has 2 atom stereocenters. The summed E-state index contributed by atoms with van der Waals surface area (Å²) in [6.45, 7) is 0.446. The molecule has 7 heteroatoms. The molecule has 2 aliphatic carbocycles. The van der Waals surface area contributed by atoms with E-state index in [1.807, 2.05) is 54.6 Å². The number of benzene rings is 3. The normalized spacial score (nSPS) is 17.6. The Morgan fingerprint density at radius 3 is 2.14 bits per heavy atom. The fraction of sp³-hybridized carbons (Fsp3) is 0.276. The van der Waals surface area contributed by atoms with Crippen molar-refractivity contribution < 1.29 is 24.2 Å². The van der Waals surface area contributed by atoms with Crippen molar-refractivity contribution in [3.8, 4) is 11.1 Å². The number of nitrogens with zero attached hydrogens (tertiary/aromatic N) is 1. The zero-order valence-electron chi connectivity index (χ0n) is 19.8. The molecule has 0 unspecified atom stereocenters. The number of carboxylic acids is 1. The SMILES string of the molecule is O=C(O)CN(Cc1ccccc1)C(=O)[C@@H]1C[C@@H]1CNC(=O)OCC1c2ccccc2-c2ccccc21. The van der Waals surface area contributed by atoms with E-state index in [2.05, 4.69) is 29.6 Å². The Morgan fingerprint density at radius 1 is 0.889 bits per heavy atom. The smallest absolute Gasteiger partial charge is 0.407 e. The molecule has 1 saturated carbocycles. The molecule has 0 saturated heterocycles. The van der Waals surface area contributed by atoms with Gasteiger partial charge in [0.2, 0.25) is 5.91 Å². The van der Waals surface area contributed by atoms with Gasteiger partial charge in [-0.15, -0.1) is 0 Å². The number of hydrogen-bond acceptors (Lipinski definition) is 4. The second-order valence-electron chi connectivity index (χ2n) is 9.38. The lowest BCUT2D eigenvalue weighted by molar-refractivity contribution is -0.145. The number of carbonyl (C=O) groups excluding carboxylic acids is 2. The van der Waals surface area contributed by atoms with Crippen molar-refractivity contribution in [3.05, 3.63) is 95.6 Å². The number of nitrogens with one attached hydrogen (secondary N) is 1. The fourth-order valence-corrected chi connectivity index (χ4v) is 5.05. The number of ether oxygens (including phenoxy) is 1. The first kappa shape index (κ1) is 23.6. The number of carboxylic acid groups (broad SMARTS) is 1. The van der Waals surface area contributed by atoms with Crippen molar-refractivity contribution in [2.24, 2.45) is 11.8 Å². The minimum Gasteiger partial charge on any atom is -0.480 e. The molecule has 2 aliphatic rings. The van der Waals surface area contributed by atoms with Gasteiger partial charge in [-0.2, -0.15) is 0 Å².